The maximum Gasteiger partial charge on any atom is 0.305 e. The second kappa shape index (κ2) is 8.64. The Labute approximate surface area is 155 Å². The Balaban J connectivity index is 3.18. The average molecular weight is 384 g/mol. The van der Waals surface area contributed by atoms with Gasteiger partial charge in [-0.15, -0.1) is 0 Å². The minimum absolute atomic E-state index is 0.0401. The highest BCUT2D eigenvalue weighted by Gasteiger charge is 2.33. The topological polar surface area (TPSA) is 104 Å². The second-order valence-electron chi connectivity index (χ2n) is 6.71. The lowest BCUT2D eigenvalue weighted by molar-refractivity contribution is -0.138. The van der Waals surface area contributed by atoms with Crippen LogP contribution in [-0.4, -0.2) is 48.3 Å². The Morgan fingerprint density at radius 3 is 2.27 bits per heavy atom. The Hall–Kier alpha value is -1.93. The third kappa shape index (κ3) is 5.04. The van der Waals surface area contributed by atoms with Crippen molar-refractivity contribution in [1.82, 2.24) is 9.62 Å². The van der Waals surface area contributed by atoms with Crippen LogP contribution in [-0.2, 0) is 14.8 Å². The summed E-state index contributed by atoms with van der Waals surface area (Å²) in [7, 11) is -3.68. The molecule has 0 spiro atoms. The first-order valence-corrected chi connectivity index (χ1v) is 10.1. The number of carbonyl (C=O) groups is 2. The van der Waals surface area contributed by atoms with Crippen molar-refractivity contribution < 1.29 is 23.1 Å². The number of carbonyl (C=O) groups excluding carboxylic acids is 1. The minimum Gasteiger partial charge on any atom is -0.481 e. The summed E-state index contributed by atoms with van der Waals surface area (Å²) in [4.78, 5) is 23.8. The highest BCUT2D eigenvalue weighted by Crippen LogP contribution is 2.22. The SMILES string of the molecule is CCN(CC)S(=O)(=O)c1cccc(C(=O)NC(C)(CC(=O)O)C(C)C)c1. The van der Waals surface area contributed by atoms with Gasteiger partial charge in [-0.25, -0.2) is 8.42 Å². The van der Waals surface area contributed by atoms with E-state index in [0.29, 0.717) is 13.1 Å². The van der Waals surface area contributed by atoms with Crippen molar-refractivity contribution in [2.75, 3.05) is 13.1 Å². The van der Waals surface area contributed by atoms with Gasteiger partial charge in [-0.1, -0.05) is 33.8 Å². The van der Waals surface area contributed by atoms with E-state index in [9.17, 15) is 18.0 Å². The van der Waals surface area contributed by atoms with Crippen molar-refractivity contribution >= 4 is 21.9 Å². The zero-order chi connectivity index (χ0) is 20.1. The standard InChI is InChI=1S/C18H28N2O5S/c1-6-20(7-2)26(24,25)15-10-8-9-14(11-15)17(23)19-18(5,13(3)4)12-16(21)22/h8-11,13H,6-7,12H2,1-5H3,(H,19,23)(H,21,22). The fourth-order valence-electron chi connectivity index (χ4n) is 2.55. The number of nitrogens with zero attached hydrogens (tertiary/aromatic N) is 1. The number of benzene rings is 1. The fourth-order valence-corrected chi connectivity index (χ4v) is 4.05. The zero-order valence-corrected chi connectivity index (χ0v) is 16.8. The monoisotopic (exact) mass is 384 g/mol. The molecule has 8 heteroatoms. The van der Waals surface area contributed by atoms with Crippen LogP contribution < -0.4 is 5.32 Å². The molecule has 146 valence electrons. The van der Waals surface area contributed by atoms with Gasteiger partial charge in [0.05, 0.1) is 16.9 Å². The average Bonchev–Trinajstić information content (AvgIpc) is 2.54. The van der Waals surface area contributed by atoms with E-state index in [-0.39, 0.29) is 22.8 Å². The number of nitrogens with one attached hydrogen (secondary N) is 1. The molecule has 1 aromatic carbocycles. The predicted molar refractivity (Wildman–Crippen MR) is 99.5 cm³/mol. The Morgan fingerprint density at radius 2 is 1.81 bits per heavy atom. The smallest absolute Gasteiger partial charge is 0.305 e. The summed E-state index contributed by atoms with van der Waals surface area (Å²) >= 11 is 0. The maximum absolute atomic E-state index is 12.6. The van der Waals surface area contributed by atoms with Crippen LogP contribution in [0.3, 0.4) is 0 Å². The van der Waals surface area contributed by atoms with Gasteiger partial charge in [0.25, 0.3) is 5.91 Å². The van der Waals surface area contributed by atoms with Crippen LogP contribution in [0.1, 0.15) is 51.4 Å². The Bertz CT molecular complexity index is 757. The molecular weight excluding hydrogens is 356 g/mol. The predicted octanol–water partition coefficient (Wildman–Crippen LogP) is 2.34. The van der Waals surface area contributed by atoms with Crippen molar-refractivity contribution in [3.8, 4) is 0 Å². The van der Waals surface area contributed by atoms with Crippen LogP contribution in [0.2, 0.25) is 0 Å². The van der Waals surface area contributed by atoms with Gasteiger partial charge in [0.2, 0.25) is 10.0 Å². The van der Waals surface area contributed by atoms with Crippen molar-refractivity contribution in [1.29, 1.82) is 0 Å². The van der Waals surface area contributed by atoms with Gasteiger partial charge in [0, 0.05) is 18.7 Å². The second-order valence-corrected chi connectivity index (χ2v) is 8.65. The van der Waals surface area contributed by atoms with Gasteiger partial charge in [0.15, 0.2) is 0 Å². The summed E-state index contributed by atoms with van der Waals surface area (Å²) in [6, 6.07) is 5.79. The molecule has 0 aliphatic rings. The van der Waals surface area contributed by atoms with Crippen LogP contribution >= 0.6 is 0 Å². The molecule has 0 aliphatic carbocycles. The van der Waals surface area contributed by atoms with Crippen molar-refractivity contribution in [3.05, 3.63) is 29.8 Å². The molecule has 0 aliphatic heterocycles. The van der Waals surface area contributed by atoms with Crippen molar-refractivity contribution in [2.45, 2.75) is 51.5 Å². The van der Waals surface area contributed by atoms with E-state index in [2.05, 4.69) is 5.32 Å². The molecule has 0 heterocycles. The molecule has 2 N–H and O–H groups in total. The third-order valence-corrected chi connectivity index (χ3v) is 6.68. The van der Waals surface area contributed by atoms with E-state index < -0.39 is 27.4 Å². The molecule has 0 aromatic heterocycles. The number of hydrogen-bond donors (Lipinski definition) is 2. The number of aliphatic carboxylic acids is 1. The first-order chi connectivity index (χ1) is 12.0. The van der Waals surface area contributed by atoms with Crippen LogP contribution in [0.5, 0.6) is 0 Å². The molecule has 0 fully saturated rings. The first kappa shape index (κ1) is 22.1. The molecule has 1 unspecified atom stereocenters. The summed E-state index contributed by atoms with van der Waals surface area (Å²) in [5.74, 6) is -1.64. The van der Waals surface area contributed by atoms with Gasteiger partial charge in [-0.05, 0) is 31.0 Å². The fraction of sp³-hybridized carbons (Fsp3) is 0.556. The number of sulfonamides is 1. The van der Waals surface area contributed by atoms with Crippen LogP contribution in [0.25, 0.3) is 0 Å². The van der Waals surface area contributed by atoms with Crippen LogP contribution in [0.4, 0.5) is 0 Å². The first-order valence-electron chi connectivity index (χ1n) is 8.62. The Kier molecular flexibility index (Phi) is 7.35. The minimum atomic E-state index is -3.68. The lowest BCUT2D eigenvalue weighted by Gasteiger charge is -2.33. The molecule has 0 saturated heterocycles. The van der Waals surface area contributed by atoms with Crippen molar-refractivity contribution in [3.63, 3.8) is 0 Å². The van der Waals surface area contributed by atoms with E-state index in [4.69, 9.17) is 5.11 Å². The van der Waals surface area contributed by atoms with Gasteiger partial charge in [-0.3, -0.25) is 9.59 Å². The quantitative estimate of drug-likeness (QED) is 0.680. The highest BCUT2D eigenvalue weighted by molar-refractivity contribution is 7.89. The maximum atomic E-state index is 12.6. The van der Waals surface area contributed by atoms with E-state index in [1.165, 1.54) is 28.6 Å². The highest BCUT2D eigenvalue weighted by atomic mass is 32.2. The number of carboxylic acids is 1. The number of rotatable bonds is 9. The van der Waals surface area contributed by atoms with Crippen LogP contribution in [0.15, 0.2) is 29.2 Å². The van der Waals surface area contributed by atoms with E-state index in [1.807, 2.05) is 13.8 Å². The summed E-state index contributed by atoms with van der Waals surface area (Å²) in [5.41, 5.74) is -0.771. The van der Waals surface area contributed by atoms with E-state index in [0.717, 1.165) is 0 Å². The van der Waals surface area contributed by atoms with Gasteiger partial charge in [-0.2, -0.15) is 4.31 Å². The Morgan fingerprint density at radius 1 is 1.23 bits per heavy atom. The van der Waals surface area contributed by atoms with E-state index >= 15 is 0 Å². The number of carboxylic acid groups (broad SMARTS) is 1. The third-order valence-electron chi connectivity index (χ3n) is 4.63. The summed E-state index contributed by atoms with van der Waals surface area (Å²) in [5, 5.41) is 11.9. The van der Waals surface area contributed by atoms with Crippen molar-refractivity contribution in [2.24, 2.45) is 5.92 Å². The molecule has 7 nitrogen and oxygen atoms in total. The summed E-state index contributed by atoms with van der Waals surface area (Å²) < 4.78 is 26.6. The van der Waals surface area contributed by atoms with E-state index in [1.54, 1.807) is 20.8 Å². The number of amides is 1. The molecule has 1 rings (SSSR count). The molecule has 0 saturated carbocycles. The zero-order valence-electron chi connectivity index (χ0n) is 15.9. The lowest BCUT2D eigenvalue weighted by Crippen LogP contribution is -2.51. The molecule has 1 aromatic rings. The van der Waals surface area contributed by atoms with Gasteiger partial charge >= 0.3 is 5.97 Å². The molecule has 0 bridgehead atoms. The number of hydrogen-bond acceptors (Lipinski definition) is 4. The molecule has 26 heavy (non-hydrogen) atoms. The lowest BCUT2D eigenvalue weighted by atomic mass is 9.85. The molecule has 0 radical (unpaired) electrons. The largest absolute Gasteiger partial charge is 0.481 e. The summed E-state index contributed by atoms with van der Waals surface area (Å²) in [6.45, 7) is 9.48. The molecular formula is C18H28N2O5S. The molecule has 1 amide bonds. The van der Waals surface area contributed by atoms with Crippen LogP contribution in [0, 0.1) is 5.92 Å². The summed E-state index contributed by atoms with van der Waals surface area (Å²) in [6.07, 6.45) is -0.228. The normalized spacial score (nSPS) is 14.3. The van der Waals surface area contributed by atoms with Gasteiger partial charge < -0.3 is 10.4 Å². The van der Waals surface area contributed by atoms with Gasteiger partial charge in [0.1, 0.15) is 0 Å². The molecule has 1 atom stereocenters.